The van der Waals surface area contributed by atoms with Crippen LogP contribution in [0, 0.1) is 40.4 Å². The van der Waals surface area contributed by atoms with Crippen molar-refractivity contribution in [2.75, 3.05) is 0 Å². The van der Waals surface area contributed by atoms with Crippen molar-refractivity contribution in [1.29, 1.82) is 0 Å². The minimum Gasteiger partial charge on any atom is -0.393 e. The van der Waals surface area contributed by atoms with Gasteiger partial charge in [0.25, 0.3) is 0 Å². The van der Waals surface area contributed by atoms with Gasteiger partial charge in [-0.05, 0) is 62.2 Å². The normalized spacial score (nSPS) is 52.9. The number of carbonyl (C=O) groups excluding carboxylic acids is 1. The molecule has 0 spiro atoms. The van der Waals surface area contributed by atoms with E-state index in [1.807, 2.05) is 13.8 Å². The monoisotopic (exact) mass is 478 g/mol. The zero-order valence-corrected chi connectivity index (χ0v) is 21.8. The van der Waals surface area contributed by atoms with Gasteiger partial charge in [-0.1, -0.05) is 53.7 Å². The summed E-state index contributed by atoms with van der Waals surface area (Å²) in [6.45, 7) is 12.6. The van der Waals surface area contributed by atoms with Crippen LogP contribution in [0.1, 0.15) is 86.5 Å². The minimum absolute atomic E-state index is 0.0878. The molecule has 6 heteroatoms. The number of hydrogen-bond donors (Lipinski definition) is 5. The Morgan fingerprint density at radius 3 is 2.12 bits per heavy atom. The lowest BCUT2D eigenvalue weighted by molar-refractivity contribution is -0.319. The maximum atomic E-state index is 13.7. The zero-order chi connectivity index (χ0) is 25.5. The van der Waals surface area contributed by atoms with E-state index in [2.05, 4.69) is 39.8 Å². The first-order chi connectivity index (χ1) is 15.6. The molecular formula is C28H46O6. The number of aliphatic hydroxyl groups is 5. The van der Waals surface area contributed by atoms with Gasteiger partial charge in [-0.25, -0.2) is 0 Å². The Morgan fingerprint density at radius 2 is 1.50 bits per heavy atom. The SMILES string of the molecule is CC(C)C(C)C=CC(C)C1CCC2(O)C1(C)CCC1C3(C)CCC(O)CC3(O)C(O)C(=O)C12O. The fraction of sp³-hybridized carbons (Fsp3) is 0.893. The molecule has 11 atom stereocenters. The molecule has 0 radical (unpaired) electrons. The molecule has 11 unspecified atom stereocenters. The lowest BCUT2D eigenvalue weighted by atomic mass is 9.39. The average molecular weight is 479 g/mol. The highest BCUT2D eigenvalue weighted by atomic mass is 16.4. The maximum absolute atomic E-state index is 13.7. The molecule has 4 aliphatic carbocycles. The van der Waals surface area contributed by atoms with Gasteiger partial charge >= 0.3 is 0 Å². The van der Waals surface area contributed by atoms with Gasteiger partial charge in [0, 0.05) is 23.2 Å². The van der Waals surface area contributed by atoms with Crippen LogP contribution in [0.15, 0.2) is 12.2 Å². The third kappa shape index (κ3) is 3.08. The van der Waals surface area contributed by atoms with Crippen molar-refractivity contribution in [2.24, 2.45) is 40.4 Å². The van der Waals surface area contributed by atoms with Gasteiger partial charge in [0.15, 0.2) is 11.4 Å². The highest BCUT2D eigenvalue weighted by molar-refractivity contribution is 5.95. The highest BCUT2D eigenvalue weighted by Gasteiger charge is 2.81. The molecule has 0 aliphatic heterocycles. The number of fused-ring (bicyclic) bond motifs is 5. The quantitative estimate of drug-likeness (QED) is 0.397. The Labute approximate surface area is 204 Å². The number of rotatable bonds is 4. The summed E-state index contributed by atoms with van der Waals surface area (Å²) >= 11 is 0. The van der Waals surface area contributed by atoms with Crippen LogP contribution in [-0.4, -0.2) is 60.3 Å². The summed E-state index contributed by atoms with van der Waals surface area (Å²) in [7, 11) is 0. The van der Waals surface area contributed by atoms with Crippen LogP contribution in [0.3, 0.4) is 0 Å². The van der Waals surface area contributed by atoms with Gasteiger partial charge in [0.2, 0.25) is 0 Å². The zero-order valence-electron chi connectivity index (χ0n) is 21.8. The van der Waals surface area contributed by atoms with Crippen LogP contribution in [0.5, 0.6) is 0 Å². The smallest absolute Gasteiger partial charge is 0.198 e. The Kier molecular flexibility index (Phi) is 6.27. The maximum Gasteiger partial charge on any atom is 0.198 e. The van der Waals surface area contributed by atoms with E-state index in [9.17, 15) is 30.3 Å². The summed E-state index contributed by atoms with van der Waals surface area (Å²) in [6.07, 6.45) is 4.62. The molecule has 0 amide bonds. The summed E-state index contributed by atoms with van der Waals surface area (Å²) in [5, 5.41) is 57.5. The molecular weight excluding hydrogens is 432 g/mol. The largest absolute Gasteiger partial charge is 0.393 e. The fourth-order valence-electron chi connectivity index (χ4n) is 8.64. The summed E-state index contributed by atoms with van der Waals surface area (Å²) in [4.78, 5) is 13.7. The van der Waals surface area contributed by atoms with E-state index in [0.717, 1.165) is 0 Å². The van der Waals surface area contributed by atoms with Gasteiger partial charge in [-0.3, -0.25) is 4.79 Å². The molecule has 0 aromatic carbocycles. The second kappa shape index (κ2) is 8.11. The number of allylic oxidation sites excluding steroid dienone is 2. The minimum atomic E-state index is -2.13. The summed E-state index contributed by atoms with van der Waals surface area (Å²) in [5.41, 5.74) is -7.31. The van der Waals surface area contributed by atoms with Crippen LogP contribution >= 0.6 is 0 Å². The van der Waals surface area contributed by atoms with Crippen molar-refractivity contribution in [1.82, 2.24) is 0 Å². The summed E-state index contributed by atoms with van der Waals surface area (Å²) < 4.78 is 0. The first-order valence-electron chi connectivity index (χ1n) is 13.4. The van der Waals surface area contributed by atoms with Crippen molar-refractivity contribution in [3.05, 3.63) is 12.2 Å². The van der Waals surface area contributed by atoms with Crippen LogP contribution in [0.25, 0.3) is 0 Å². The van der Waals surface area contributed by atoms with E-state index in [1.54, 1.807) is 0 Å². The Hall–Kier alpha value is -0.790. The lowest BCUT2D eigenvalue weighted by Crippen LogP contribution is -2.83. The van der Waals surface area contributed by atoms with E-state index >= 15 is 0 Å². The van der Waals surface area contributed by atoms with E-state index in [4.69, 9.17) is 0 Å². The number of Topliss-reactive ketones (excluding diaryl/α,β-unsaturated/α-hetero) is 1. The van der Waals surface area contributed by atoms with E-state index in [-0.39, 0.29) is 24.7 Å². The van der Waals surface area contributed by atoms with Crippen LogP contribution in [-0.2, 0) is 4.79 Å². The molecule has 0 heterocycles. The molecule has 194 valence electrons. The Morgan fingerprint density at radius 1 is 0.882 bits per heavy atom. The van der Waals surface area contributed by atoms with Crippen molar-refractivity contribution < 1.29 is 30.3 Å². The third-order valence-electron chi connectivity index (χ3n) is 11.5. The standard InChI is InChI=1S/C28H46O6/c1-16(2)17(3)7-8-18(4)20-10-14-27(33)24(20,5)13-11-21-25(6)12-9-19(29)15-26(25,32)22(30)23(31)28(21,27)34/h7-8,16-22,29-30,32-34H,9-15H2,1-6H3. The molecule has 4 aliphatic rings. The van der Waals surface area contributed by atoms with Crippen LogP contribution < -0.4 is 0 Å². The predicted molar refractivity (Wildman–Crippen MR) is 130 cm³/mol. The van der Waals surface area contributed by atoms with Gasteiger partial charge in [0.1, 0.15) is 17.3 Å². The molecule has 4 saturated carbocycles. The van der Waals surface area contributed by atoms with Crippen LogP contribution in [0.2, 0.25) is 0 Å². The molecule has 0 aromatic rings. The summed E-state index contributed by atoms with van der Waals surface area (Å²) in [6, 6.07) is 0. The van der Waals surface area contributed by atoms with E-state index < -0.39 is 51.5 Å². The second-order valence-corrected chi connectivity index (χ2v) is 13.1. The average Bonchev–Trinajstić information content (AvgIpc) is 3.05. The predicted octanol–water partition coefficient (Wildman–Crippen LogP) is 2.99. The van der Waals surface area contributed by atoms with Gasteiger partial charge in [-0.2, -0.15) is 0 Å². The summed E-state index contributed by atoms with van der Waals surface area (Å²) in [5.74, 6) is -0.337. The molecule has 0 bridgehead atoms. The molecule has 34 heavy (non-hydrogen) atoms. The van der Waals surface area contributed by atoms with E-state index in [1.165, 1.54) is 0 Å². The first kappa shape index (κ1) is 26.3. The van der Waals surface area contributed by atoms with Crippen molar-refractivity contribution in [2.45, 2.75) is 115 Å². The molecule has 5 N–H and O–H groups in total. The molecule has 0 aromatic heterocycles. The molecule has 4 rings (SSSR count). The number of carbonyl (C=O) groups is 1. The van der Waals surface area contributed by atoms with Crippen molar-refractivity contribution in [3.8, 4) is 0 Å². The van der Waals surface area contributed by atoms with Crippen LogP contribution in [0.4, 0.5) is 0 Å². The molecule has 4 fully saturated rings. The van der Waals surface area contributed by atoms with Gasteiger partial charge < -0.3 is 25.5 Å². The lowest BCUT2D eigenvalue weighted by Gasteiger charge is -2.69. The fourth-order valence-corrected chi connectivity index (χ4v) is 8.64. The second-order valence-electron chi connectivity index (χ2n) is 13.1. The number of ketones is 1. The van der Waals surface area contributed by atoms with E-state index in [0.29, 0.717) is 43.9 Å². The Balaban J connectivity index is 1.74. The van der Waals surface area contributed by atoms with Crippen molar-refractivity contribution >= 4 is 5.78 Å². The van der Waals surface area contributed by atoms with Crippen molar-refractivity contribution in [3.63, 3.8) is 0 Å². The first-order valence-corrected chi connectivity index (χ1v) is 13.4. The van der Waals surface area contributed by atoms with Gasteiger partial charge in [-0.15, -0.1) is 0 Å². The Bertz CT molecular complexity index is 856. The third-order valence-corrected chi connectivity index (χ3v) is 11.5. The topological polar surface area (TPSA) is 118 Å². The highest BCUT2D eigenvalue weighted by Crippen LogP contribution is 2.71. The number of aliphatic hydroxyl groups excluding tert-OH is 2. The van der Waals surface area contributed by atoms with Gasteiger partial charge in [0.05, 0.1) is 6.10 Å². The molecule has 0 saturated heterocycles. The number of hydrogen-bond acceptors (Lipinski definition) is 6. The molecule has 6 nitrogen and oxygen atoms in total.